The van der Waals surface area contributed by atoms with Crippen molar-refractivity contribution in [3.63, 3.8) is 0 Å². The molecule has 120 valence electrons. The van der Waals surface area contributed by atoms with E-state index in [1.165, 1.54) is 0 Å². The molecule has 2 saturated heterocycles. The molecule has 0 radical (unpaired) electrons. The van der Waals surface area contributed by atoms with Crippen LogP contribution in [0.5, 0.6) is 0 Å². The highest BCUT2D eigenvalue weighted by molar-refractivity contribution is 5.74. The number of morpholine rings is 1. The van der Waals surface area contributed by atoms with Crippen LogP contribution in [0.4, 0.5) is 4.79 Å². The Hall–Kier alpha value is -1.34. The molecule has 1 N–H and O–H groups in total. The third-order valence-electron chi connectivity index (χ3n) is 3.98. The Morgan fingerprint density at radius 1 is 1.10 bits per heavy atom. The summed E-state index contributed by atoms with van der Waals surface area (Å²) in [5.74, 6) is -0.774. The Morgan fingerprint density at radius 3 is 2.33 bits per heavy atom. The first-order valence-corrected chi connectivity index (χ1v) is 7.49. The maximum atomic E-state index is 12.5. The van der Waals surface area contributed by atoms with Crippen LogP contribution in [0.1, 0.15) is 20.3 Å². The molecule has 0 aliphatic carbocycles. The summed E-state index contributed by atoms with van der Waals surface area (Å²) in [5.41, 5.74) is -0.281. The van der Waals surface area contributed by atoms with Crippen molar-refractivity contribution >= 4 is 12.0 Å². The Balaban J connectivity index is 1.79. The molecule has 2 heterocycles. The highest BCUT2D eigenvalue weighted by Gasteiger charge is 2.33. The minimum atomic E-state index is -0.774. The van der Waals surface area contributed by atoms with Gasteiger partial charge in [-0.15, -0.1) is 0 Å². The summed E-state index contributed by atoms with van der Waals surface area (Å²) in [6.07, 6.45) is 0.158. The lowest BCUT2D eigenvalue weighted by atomic mass is 10.1. The van der Waals surface area contributed by atoms with E-state index in [1.807, 2.05) is 23.6 Å². The first-order chi connectivity index (χ1) is 9.87. The van der Waals surface area contributed by atoms with E-state index in [9.17, 15) is 9.59 Å². The van der Waals surface area contributed by atoms with Gasteiger partial charge in [0.1, 0.15) is 0 Å². The summed E-state index contributed by atoms with van der Waals surface area (Å²) in [7, 11) is 0. The van der Waals surface area contributed by atoms with Gasteiger partial charge in [-0.2, -0.15) is 0 Å². The van der Waals surface area contributed by atoms with Crippen LogP contribution < -0.4 is 0 Å². The van der Waals surface area contributed by atoms with Gasteiger partial charge in [0, 0.05) is 39.3 Å². The fraction of sp³-hybridized carbons (Fsp3) is 0.857. The molecule has 0 aromatic carbocycles. The summed E-state index contributed by atoms with van der Waals surface area (Å²) < 4.78 is 5.63. The molecular formula is C14H25N3O4. The molecule has 0 bridgehead atoms. The highest BCUT2D eigenvalue weighted by atomic mass is 16.5. The molecule has 2 amide bonds. The number of rotatable bonds is 3. The van der Waals surface area contributed by atoms with Crippen molar-refractivity contribution in [2.45, 2.75) is 25.9 Å². The van der Waals surface area contributed by atoms with Gasteiger partial charge < -0.3 is 19.6 Å². The van der Waals surface area contributed by atoms with Gasteiger partial charge in [-0.3, -0.25) is 9.69 Å². The lowest BCUT2D eigenvalue weighted by Crippen LogP contribution is -2.57. The number of urea groups is 1. The summed E-state index contributed by atoms with van der Waals surface area (Å²) in [4.78, 5) is 28.9. The van der Waals surface area contributed by atoms with Crippen molar-refractivity contribution in [3.05, 3.63) is 0 Å². The number of aliphatic carboxylic acids is 1. The molecule has 2 aliphatic rings. The fourth-order valence-corrected chi connectivity index (χ4v) is 2.80. The smallest absolute Gasteiger partial charge is 0.320 e. The summed E-state index contributed by atoms with van der Waals surface area (Å²) >= 11 is 0. The SMILES string of the molecule is CC1(C)CN(C(=O)N2CCN(CCC(=O)O)CC2)CCO1. The molecule has 7 heteroatoms. The maximum absolute atomic E-state index is 12.5. The van der Waals surface area contributed by atoms with Gasteiger partial charge in [0.05, 0.1) is 25.2 Å². The second-order valence-electron chi connectivity index (χ2n) is 6.28. The van der Waals surface area contributed by atoms with Crippen LogP contribution in [0.2, 0.25) is 0 Å². The van der Waals surface area contributed by atoms with Crippen LogP contribution in [0.15, 0.2) is 0 Å². The first-order valence-electron chi connectivity index (χ1n) is 7.49. The Morgan fingerprint density at radius 2 is 1.76 bits per heavy atom. The molecule has 2 fully saturated rings. The Kier molecular flexibility index (Phi) is 5.05. The number of carboxylic acid groups (broad SMARTS) is 1. The van der Waals surface area contributed by atoms with Gasteiger partial charge in [0.25, 0.3) is 0 Å². The van der Waals surface area contributed by atoms with Gasteiger partial charge in [0.2, 0.25) is 0 Å². The minimum absolute atomic E-state index is 0.0734. The molecular weight excluding hydrogens is 274 g/mol. The maximum Gasteiger partial charge on any atom is 0.320 e. The van der Waals surface area contributed by atoms with Crippen molar-refractivity contribution < 1.29 is 19.4 Å². The molecule has 2 rings (SSSR count). The topological polar surface area (TPSA) is 73.3 Å². The first kappa shape index (κ1) is 16.0. The van der Waals surface area contributed by atoms with Crippen LogP contribution in [-0.4, -0.2) is 89.8 Å². The van der Waals surface area contributed by atoms with Gasteiger partial charge in [0.15, 0.2) is 0 Å². The van der Waals surface area contributed by atoms with Crippen molar-refractivity contribution in [1.82, 2.24) is 14.7 Å². The van der Waals surface area contributed by atoms with E-state index in [4.69, 9.17) is 9.84 Å². The lowest BCUT2D eigenvalue weighted by Gasteiger charge is -2.42. The number of carbonyl (C=O) groups excluding carboxylic acids is 1. The molecule has 0 spiro atoms. The zero-order valence-electron chi connectivity index (χ0n) is 12.9. The molecule has 0 unspecified atom stereocenters. The summed E-state index contributed by atoms with van der Waals surface area (Å²) in [5, 5.41) is 8.69. The quantitative estimate of drug-likeness (QED) is 0.812. The third kappa shape index (κ3) is 4.57. The predicted molar refractivity (Wildman–Crippen MR) is 77.3 cm³/mol. The van der Waals surface area contributed by atoms with Crippen LogP contribution >= 0.6 is 0 Å². The van der Waals surface area contributed by atoms with Crippen molar-refractivity contribution in [3.8, 4) is 0 Å². The standard InChI is InChI=1S/C14H25N3O4/c1-14(2)11-17(9-10-21-14)13(20)16-7-5-15(6-8-16)4-3-12(18)19/h3-11H2,1-2H3,(H,18,19). The van der Waals surface area contributed by atoms with Gasteiger partial charge in [-0.05, 0) is 13.8 Å². The fourth-order valence-electron chi connectivity index (χ4n) is 2.80. The lowest BCUT2D eigenvalue weighted by molar-refractivity contribution is -0.137. The number of carbonyl (C=O) groups is 2. The van der Waals surface area contributed by atoms with Crippen LogP contribution in [-0.2, 0) is 9.53 Å². The highest BCUT2D eigenvalue weighted by Crippen LogP contribution is 2.18. The van der Waals surface area contributed by atoms with Crippen LogP contribution in [0, 0.1) is 0 Å². The number of carboxylic acids is 1. The van der Waals surface area contributed by atoms with Crippen LogP contribution in [0.25, 0.3) is 0 Å². The zero-order valence-corrected chi connectivity index (χ0v) is 12.9. The zero-order chi connectivity index (χ0) is 15.5. The molecule has 2 aliphatic heterocycles. The molecule has 0 aromatic heterocycles. The molecule has 0 atom stereocenters. The number of piperazine rings is 1. The third-order valence-corrected chi connectivity index (χ3v) is 3.98. The number of amides is 2. The molecule has 0 aromatic rings. The summed E-state index contributed by atoms with van der Waals surface area (Å²) in [6, 6.07) is 0.0734. The van der Waals surface area contributed by atoms with E-state index in [0.29, 0.717) is 39.3 Å². The molecule has 7 nitrogen and oxygen atoms in total. The van der Waals surface area contributed by atoms with Crippen molar-refractivity contribution in [1.29, 1.82) is 0 Å². The normalized spacial score (nSPS) is 23.1. The van der Waals surface area contributed by atoms with E-state index in [2.05, 4.69) is 4.90 Å². The largest absolute Gasteiger partial charge is 0.481 e. The predicted octanol–water partition coefficient (Wildman–Crippen LogP) is 0.310. The van der Waals surface area contributed by atoms with Gasteiger partial charge in [-0.25, -0.2) is 4.79 Å². The Labute approximate surface area is 125 Å². The molecule has 0 saturated carbocycles. The van der Waals surface area contributed by atoms with E-state index in [-0.39, 0.29) is 18.1 Å². The molecule has 21 heavy (non-hydrogen) atoms. The number of hydrogen-bond acceptors (Lipinski definition) is 4. The van der Waals surface area contributed by atoms with E-state index in [0.717, 1.165) is 13.1 Å². The summed E-state index contributed by atoms with van der Waals surface area (Å²) in [6.45, 7) is 9.20. The second kappa shape index (κ2) is 6.62. The number of nitrogens with zero attached hydrogens (tertiary/aromatic N) is 3. The second-order valence-corrected chi connectivity index (χ2v) is 6.28. The average molecular weight is 299 g/mol. The average Bonchev–Trinajstić information content (AvgIpc) is 2.44. The van der Waals surface area contributed by atoms with Crippen LogP contribution in [0.3, 0.4) is 0 Å². The van der Waals surface area contributed by atoms with Crippen molar-refractivity contribution in [2.24, 2.45) is 0 Å². The van der Waals surface area contributed by atoms with E-state index < -0.39 is 5.97 Å². The Bertz CT molecular complexity index is 392. The van der Waals surface area contributed by atoms with Gasteiger partial charge >= 0.3 is 12.0 Å². The van der Waals surface area contributed by atoms with Gasteiger partial charge in [-0.1, -0.05) is 0 Å². The number of hydrogen-bond donors (Lipinski definition) is 1. The van der Waals surface area contributed by atoms with E-state index >= 15 is 0 Å². The van der Waals surface area contributed by atoms with E-state index in [1.54, 1.807) is 0 Å². The van der Waals surface area contributed by atoms with Crippen molar-refractivity contribution in [2.75, 3.05) is 52.4 Å². The monoisotopic (exact) mass is 299 g/mol. The number of ether oxygens (including phenoxy) is 1. The minimum Gasteiger partial charge on any atom is -0.481 e.